The lowest BCUT2D eigenvalue weighted by Crippen LogP contribution is -2.23. The van der Waals surface area contributed by atoms with Gasteiger partial charge in [0.05, 0.1) is 0 Å². The molecule has 2 aromatic heterocycles. The molecule has 3 aromatic rings. The highest BCUT2D eigenvalue weighted by molar-refractivity contribution is 5.73. The number of para-hydroxylation sites is 1. The highest BCUT2D eigenvalue weighted by Crippen LogP contribution is 2.28. The zero-order chi connectivity index (χ0) is 14.7. The molecule has 0 aliphatic heterocycles. The second-order valence-electron chi connectivity index (χ2n) is 4.89. The molecular weight excluding hydrogens is 264 g/mol. The molecule has 3 rings (SSSR count). The molecule has 0 saturated heterocycles. The lowest BCUT2D eigenvalue weighted by Gasteiger charge is -2.25. The zero-order valence-electron chi connectivity index (χ0n) is 12.0. The molecular formula is C15H18N6. The van der Waals surface area contributed by atoms with Gasteiger partial charge in [0.1, 0.15) is 6.33 Å². The van der Waals surface area contributed by atoms with Crippen LogP contribution >= 0.6 is 0 Å². The normalized spacial score (nSPS) is 11.0. The van der Waals surface area contributed by atoms with Gasteiger partial charge in [0.2, 0.25) is 5.65 Å². The van der Waals surface area contributed by atoms with Crippen molar-refractivity contribution in [1.29, 1.82) is 0 Å². The average molecular weight is 282 g/mol. The number of hydrogen-bond donors (Lipinski definition) is 1. The van der Waals surface area contributed by atoms with E-state index in [2.05, 4.69) is 39.1 Å². The third-order valence-corrected chi connectivity index (χ3v) is 3.44. The van der Waals surface area contributed by atoms with E-state index in [1.165, 1.54) is 5.56 Å². The number of aromatic nitrogens is 4. The summed E-state index contributed by atoms with van der Waals surface area (Å²) in [6.45, 7) is 3.52. The van der Waals surface area contributed by atoms with Crippen LogP contribution in [0, 0.1) is 6.92 Å². The molecule has 21 heavy (non-hydrogen) atoms. The lowest BCUT2D eigenvalue weighted by atomic mass is 10.1. The predicted octanol–water partition coefficient (Wildman–Crippen LogP) is 1.92. The number of nitrogens with zero attached hydrogens (tertiary/aromatic N) is 5. The molecule has 0 unspecified atom stereocenters. The maximum Gasteiger partial charge on any atom is 0.204 e. The van der Waals surface area contributed by atoms with Gasteiger partial charge in [-0.1, -0.05) is 18.2 Å². The quantitative estimate of drug-likeness (QED) is 0.774. The van der Waals surface area contributed by atoms with E-state index in [0.717, 1.165) is 30.1 Å². The molecule has 6 nitrogen and oxygen atoms in total. The number of anilines is 2. The van der Waals surface area contributed by atoms with E-state index < -0.39 is 0 Å². The Bertz CT molecular complexity index is 736. The first kappa shape index (κ1) is 13.5. The summed E-state index contributed by atoms with van der Waals surface area (Å²) in [5.41, 5.74) is 8.74. The largest absolute Gasteiger partial charge is 0.330 e. The first-order valence-corrected chi connectivity index (χ1v) is 6.99. The summed E-state index contributed by atoms with van der Waals surface area (Å²) < 4.78 is 1.87. The fourth-order valence-electron chi connectivity index (χ4n) is 2.39. The van der Waals surface area contributed by atoms with Crippen molar-refractivity contribution in [3.05, 3.63) is 48.5 Å². The molecule has 0 saturated carbocycles. The molecule has 1 aromatic carbocycles. The van der Waals surface area contributed by atoms with Crippen molar-refractivity contribution in [2.75, 3.05) is 18.0 Å². The first-order valence-electron chi connectivity index (χ1n) is 6.99. The van der Waals surface area contributed by atoms with Gasteiger partial charge in [0.25, 0.3) is 0 Å². The van der Waals surface area contributed by atoms with E-state index in [1.54, 1.807) is 12.5 Å². The van der Waals surface area contributed by atoms with Crippen molar-refractivity contribution in [3.8, 4) is 0 Å². The molecule has 0 aliphatic carbocycles. The number of rotatable bonds is 5. The minimum absolute atomic E-state index is 0.637. The highest BCUT2D eigenvalue weighted by Gasteiger charge is 2.16. The molecule has 0 spiro atoms. The van der Waals surface area contributed by atoms with Crippen LogP contribution in [-0.2, 0) is 0 Å². The maximum atomic E-state index is 5.68. The van der Waals surface area contributed by atoms with Gasteiger partial charge in [-0.15, -0.1) is 10.2 Å². The van der Waals surface area contributed by atoms with Gasteiger partial charge >= 0.3 is 0 Å². The number of hydrogen-bond acceptors (Lipinski definition) is 5. The van der Waals surface area contributed by atoms with Crippen LogP contribution in [-0.4, -0.2) is 32.7 Å². The molecule has 0 aliphatic rings. The van der Waals surface area contributed by atoms with Crippen LogP contribution in [0.1, 0.15) is 12.0 Å². The standard InChI is InChI=1S/C15H18N6/c1-12-5-2-3-6-13(12)21(9-4-7-16)14-15-19-18-11-20(15)10-8-17-14/h2-3,5-6,8,10-11H,4,7,9,16H2,1H3. The smallest absolute Gasteiger partial charge is 0.204 e. The third-order valence-electron chi connectivity index (χ3n) is 3.44. The van der Waals surface area contributed by atoms with E-state index in [9.17, 15) is 0 Å². The average Bonchev–Trinajstić information content (AvgIpc) is 2.98. The van der Waals surface area contributed by atoms with Crippen molar-refractivity contribution in [2.45, 2.75) is 13.3 Å². The van der Waals surface area contributed by atoms with Gasteiger partial charge in [0.15, 0.2) is 5.82 Å². The number of fused-ring (bicyclic) bond motifs is 1. The van der Waals surface area contributed by atoms with E-state index in [1.807, 2.05) is 22.7 Å². The molecule has 0 amide bonds. The Morgan fingerprint density at radius 2 is 2.14 bits per heavy atom. The van der Waals surface area contributed by atoms with Crippen LogP contribution in [0.15, 0.2) is 43.0 Å². The van der Waals surface area contributed by atoms with E-state index in [-0.39, 0.29) is 0 Å². The second-order valence-corrected chi connectivity index (χ2v) is 4.89. The molecule has 6 heteroatoms. The minimum Gasteiger partial charge on any atom is -0.330 e. The van der Waals surface area contributed by atoms with Gasteiger partial charge in [0, 0.05) is 24.6 Å². The monoisotopic (exact) mass is 282 g/mol. The highest BCUT2D eigenvalue weighted by atomic mass is 15.3. The van der Waals surface area contributed by atoms with Gasteiger partial charge in [-0.05, 0) is 31.5 Å². The van der Waals surface area contributed by atoms with Crippen LogP contribution in [0.4, 0.5) is 11.5 Å². The Morgan fingerprint density at radius 3 is 2.95 bits per heavy atom. The van der Waals surface area contributed by atoms with E-state index in [0.29, 0.717) is 6.54 Å². The fraction of sp³-hybridized carbons (Fsp3) is 0.267. The maximum absolute atomic E-state index is 5.68. The Kier molecular flexibility index (Phi) is 3.79. The topological polar surface area (TPSA) is 72.3 Å². The number of benzene rings is 1. The first-order chi connectivity index (χ1) is 10.3. The molecule has 0 radical (unpaired) electrons. The van der Waals surface area contributed by atoms with Crippen molar-refractivity contribution in [1.82, 2.24) is 19.6 Å². The van der Waals surface area contributed by atoms with E-state index in [4.69, 9.17) is 5.73 Å². The lowest BCUT2D eigenvalue weighted by molar-refractivity contribution is 0.807. The molecule has 0 bridgehead atoms. The number of nitrogens with two attached hydrogens (primary N) is 1. The molecule has 0 atom stereocenters. The van der Waals surface area contributed by atoms with Crippen molar-refractivity contribution in [3.63, 3.8) is 0 Å². The summed E-state index contributed by atoms with van der Waals surface area (Å²) >= 11 is 0. The Labute approximate surface area is 123 Å². The Hall–Kier alpha value is -2.47. The third kappa shape index (κ3) is 2.57. The van der Waals surface area contributed by atoms with Crippen LogP contribution < -0.4 is 10.6 Å². The van der Waals surface area contributed by atoms with Gasteiger partial charge in [-0.25, -0.2) is 4.98 Å². The summed E-state index contributed by atoms with van der Waals surface area (Å²) in [6.07, 6.45) is 6.17. The molecule has 2 heterocycles. The Balaban J connectivity index is 2.11. The van der Waals surface area contributed by atoms with Crippen molar-refractivity contribution < 1.29 is 0 Å². The summed E-state index contributed by atoms with van der Waals surface area (Å²) in [5, 5.41) is 8.14. The van der Waals surface area contributed by atoms with Crippen LogP contribution in [0.3, 0.4) is 0 Å². The fourth-order valence-corrected chi connectivity index (χ4v) is 2.39. The molecule has 108 valence electrons. The Morgan fingerprint density at radius 1 is 1.29 bits per heavy atom. The predicted molar refractivity (Wildman–Crippen MR) is 82.6 cm³/mol. The molecule has 0 fully saturated rings. The summed E-state index contributed by atoms with van der Waals surface area (Å²) in [7, 11) is 0. The van der Waals surface area contributed by atoms with E-state index >= 15 is 0 Å². The van der Waals surface area contributed by atoms with Crippen LogP contribution in [0.2, 0.25) is 0 Å². The SMILES string of the molecule is Cc1ccccc1N(CCCN)c1nccn2cnnc12. The van der Waals surface area contributed by atoms with Crippen molar-refractivity contribution in [2.24, 2.45) is 5.73 Å². The minimum atomic E-state index is 0.637. The summed E-state index contributed by atoms with van der Waals surface area (Å²) in [6, 6.07) is 8.24. The molecule has 2 N–H and O–H groups in total. The number of aryl methyl sites for hydroxylation is 1. The summed E-state index contributed by atoms with van der Waals surface area (Å²) in [5.74, 6) is 0.803. The van der Waals surface area contributed by atoms with Crippen LogP contribution in [0.5, 0.6) is 0 Å². The zero-order valence-corrected chi connectivity index (χ0v) is 12.0. The van der Waals surface area contributed by atoms with Crippen molar-refractivity contribution >= 4 is 17.2 Å². The van der Waals surface area contributed by atoms with Gasteiger partial charge in [-0.3, -0.25) is 4.40 Å². The van der Waals surface area contributed by atoms with Gasteiger partial charge in [-0.2, -0.15) is 0 Å². The van der Waals surface area contributed by atoms with Gasteiger partial charge < -0.3 is 10.6 Å². The summed E-state index contributed by atoms with van der Waals surface area (Å²) in [4.78, 5) is 6.67. The van der Waals surface area contributed by atoms with Crippen LogP contribution in [0.25, 0.3) is 5.65 Å². The second kappa shape index (κ2) is 5.88.